The third-order valence-corrected chi connectivity index (χ3v) is 4.68. The zero-order valence-corrected chi connectivity index (χ0v) is 13.5. The average Bonchev–Trinajstić information content (AvgIpc) is 2.51. The fraction of sp³-hybridized carbons (Fsp3) is 0.438. The normalized spacial score (nSPS) is 17.0. The Morgan fingerprint density at radius 2 is 1.86 bits per heavy atom. The van der Waals surface area contributed by atoms with Crippen molar-refractivity contribution in [3.05, 3.63) is 35.9 Å². The molecule has 1 aliphatic heterocycles. The van der Waals surface area contributed by atoms with Crippen molar-refractivity contribution in [1.29, 1.82) is 0 Å². The standard InChI is InChI=1S/C16H21NO4S/c1-22(19,20)16-6-3-14(4-7-16)2-5-15(18)8-9-17-10-12-21-13-11-17/h2-7H,8-13H2,1H3. The van der Waals surface area contributed by atoms with Gasteiger partial charge in [0.05, 0.1) is 18.1 Å². The number of allylic oxidation sites excluding steroid dienone is 1. The highest BCUT2D eigenvalue weighted by molar-refractivity contribution is 7.90. The molecule has 1 aliphatic rings. The minimum absolute atomic E-state index is 0.0682. The first-order valence-electron chi connectivity index (χ1n) is 7.26. The van der Waals surface area contributed by atoms with Crippen LogP contribution in [0.4, 0.5) is 0 Å². The topological polar surface area (TPSA) is 63.7 Å². The number of morpholine rings is 1. The van der Waals surface area contributed by atoms with E-state index < -0.39 is 9.84 Å². The van der Waals surface area contributed by atoms with Gasteiger partial charge in [0.25, 0.3) is 0 Å². The van der Waals surface area contributed by atoms with Gasteiger partial charge >= 0.3 is 0 Å². The van der Waals surface area contributed by atoms with E-state index in [0.29, 0.717) is 6.42 Å². The zero-order chi connectivity index (χ0) is 16.0. The minimum atomic E-state index is -3.18. The molecule has 0 unspecified atom stereocenters. The van der Waals surface area contributed by atoms with E-state index in [1.54, 1.807) is 36.4 Å². The molecule has 0 saturated carbocycles. The monoisotopic (exact) mass is 323 g/mol. The summed E-state index contributed by atoms with van der Waals surface area (Å²) in [6.07, 6.45) is 4.93. The van der Waals surface area contributed by atoms with E-state index >= 15 is 0 Å². The highest BCUT2D eigenvalue weighted by Gasteiger charge is 2.10. The van der Waals surface area contributed by atoms with Crippen LogP contribution >= 0.6 is 0 Å². The van der Waals surface area contributed by atoms with E-state index in [0.717, 1.165) is 38.4 Å². The maximum Gasteiger partial charge on any atom is 0.175 e. The largest absolute Gasteiger partial charge is 0.379 e. The smallest absolute Gasteiger partial charge is 0.175 e. The number of nitrogens with zero attached hydrogens (tertiary/aromatic N) is 1. The number of hydrogen-bond donors (Lipinski definition) is 0. The molecule has 120 valence electrons. The molecule has 0 bridgehead atoms. The number of rotatable bonds is 6. The minimum Gasteiger partial charge on any atom is -0.379 e. The molecule has 22 heavy (non-hydrogen) atoms. The molecule has 1 heterocycles. The molecule has 1 aromatic rings. The number of ketones is 1. The van der Waals surface area contributed by atoms with Gasteiger partial charge in [-0.15, -0.1) is 0 Å². The van der Waals surface area contributed by atoms with Gasteiger partial charge in [0.1, 0.15) is 0 Å². The van der Waals surface area contributed by atoms with Gasteiger partial charge in [-0.1, -0.05) is 18.2 Å². The Hall–Kier alpha value is -1.50. The van der Waals surface area contributed by atoms with Crippen LogP contribution < -0.4 is 0 Å². The highest BCUT2D eigenvalue weighted by atomic mass is 32.2. The van der Waals surface area contributed by atoms with E-state index in [4.69, 9.17) is 4.74 Å². The lowest BCUT2D eigenvalue weighted by Crippen LogP contribution is -2.37. The van der Waals surface area contributed by atoms with Crippen molar-refractivity contribution in [3.63, 3.8) is 0 Å². The second-order valence-electron chi connectivity index (χ2n) is 5.34. The van der Waals surface area contributed by atoms with Gasteiger partial charge in [0.15, 0.2) is 15.6 Å². The summed E-state index contributed by atoms with van der Waals surface area (Å²) in [5, 5.41) is 0. The SMILES string of the molecule is CS(=O)(=O)c1ccc(C=CC(=O)CCN2CCOCC2)cc1. The van der Waals surface area contributed by atoms with Crippen LogP contribution in [0.2, 0.25) is 0 Å². The molecule has 0 aliphatic carbocycles. The van der Waals surface area contributed by atoms with Crippen LogP contribution in [0.1, 0.15) is 12.0 Å². The second-order valence-corrected chi connectivity index (χ2v) is 7.36. The second kappa shape index (κ2) is 7.67. The molecule has 1 fully saturated rings. The number of hydrogen-bond acceptors (Lipinski definition) is 5. The van der Waals surface area contributed by atoms with Crippen LogP contribution in [-0.2, 0) is 19.4 Å². The van der Waals surface area contributed by atoms with E-state index in [9.17, 15) is 13.2 Å². The first kappa shape index (κ1) is 16.9. The number of benzene rings is 1. The molecule has 5 nitrogen and oxygen atoms in total. The van der Waals surface area contributed by atoms with Crippen molar-refractivity contribution in [2.24, 2.45) is 0 Å². The van der Waals surface area contributed by atoms with E-state index in [1.165, 1.54) is 6.26 Å². The van der Waals surface area contributed by atoms with Crippen LogP contribution in [-0.4, -0.2) is 58.2 Å². The summed E-state index contributed by atoms with van der Waals surface area (Å²) >= 11 is 0. The van der Waals surface area contributed by atoms with Crippen LogP contribution in [0.5, 0.6) is 0 Å². The predicted octanol–water partition coefficient (Wildman–Crippen LogP) is 1.39. The van der Waals surface area contributed by atoms with Gasteiger partial charge in [-0.25, -0.2) is 8.42 Å². The Labute approximate surface area is 131 Å². The summed E-state index contributed by atoms with van der Waals surface area (Å²) in [4.78, 5) is 14.3. The van der Waals surface area contributed by atoms with Crippen molar-refractivity contribution < 1.29 is 17.9 Å². The van der Waals surface area contributed by atoms with Gasteiger partial charge in [0, 0.05) is 32.3 Å². The van der Waals surface area contributed by atoms with Crippen molar-refractivity contribution in [2.45, 2.75) is 11.3 Å². The summed E-state index contributed by atoms with van der Waals surface area (Å²) in [7, 11) is -3.18. The molecule has 6 heteroatoms. The molecule has 1 saturated heterocycles. The van der Waals surface area contributed by atoms with Gasteiger partial charge in [-0.05, 0) is 23.8 Å². The Balaban J connectivity index is 1.84. The van der Waals surface area contributed by atoms with Crippen LogP contribution in [0.25, 0.3) is 6.08 Å². The average molecular weight is 323 g/mol. The molecule has 0 amide bonds. The van der Waals surface area contributed by atoms with Gasteiger partial charge < -0.3 is 4.74 Å². The van der Waals surface area contributed by atoms with E-state index in [1.807, 2.05) is 0 Å². The van der Waals surface area contributed by atoms with E-state index in [2.05, 4.69) is 4.90 Å². The lowest BCUT2D eigenvalue weighted by Gasteiger charge is -2.25. The molecule has 0 radical (unpaired) electrons. The molecule has 0 atom stereocenters. The summed E-state index contributed by atoms with van der Waals surface area (Å²) < 4.78 is 28.0. The Bertz CT molecular complexity index is 629. The summed E-state index contributed by atoms with van der Waals surface area (Å²) in [5.74, 6) is 0.0682. The Morgan fingerprint density at radius 3 is 2.45 bits per heavy atom. The predicted molar refractivity (Wildman–Crippen MR) is 85.5 cm³/mol. The lowest BCUT2D eigenvalue weighted by atomic mass is 10.1. The maximum absolute atomic E-state index is 11.8. The number of carbonyl (C=O) groups is 1. The first-order valence-corrected chi connectivity index (χ1v) is 9.15. The van der Waals surface area contributed by atoms with Gasteiger partial charge in [-0.3, -0.25) is 9.69 Å². The number of ether oxygens (including phenoxy) is 1. The molecule has 0 spiro atoms. The quantitative estimate of drug-likeness (QED) is 0.740. The van der Waals surface area contributed by atoms with Crippen molar-refractivity contribution in [1.82, 2.24) is 4.90 Å². The first-order chi connectivity index (χ1) is 10.4. The summed E-state index contributed by atoms with van der Waals surface area (Å²) in [5.41, 5.74) is 0.812. The molecule has 1 aromatic carbocycles. The van der Waals surface area contributed by atoms with E-state index in [-0.39, 0.29) is 10.7 Å². The highest BCUT2D eigenvalue weighted by Crippen LogP contribution is 2.11. The third-order valence-electron chi connectivity index (χ3n) is 3.55. The maximum atomic E-state index is 11.8. The molecule has 0 N–H and O–H groups in total. The molecular weight excluding hydrogens is 302 g/mol. The number of sulfone groups is 1. The van der Waals surface area contributed by atoms with Crippen LogP contribution in [0.3, 0.4) is 0 Å². The van der Waals surface area contributed by atoms with Crippen molar-refractivity contribution >= 4 is 21.7 Å². The van der Waals surface area contributed by atoms with Crippen LogP contribution in [0.15, 0.2) is 35.2 Å². The molecule has 2 rings (SSSR count). The Kier molecular flexibility index (Phi) is 5.88. The number of carbonyl (C=O) groups excluding carboxylic acids is 1. The lowest BCUT2D eigenvalue weighted by molar-refractivity contribution is -0.115. The third kappa shape index (κ3) is 5.36. The fourth-order valence-corrected chi connectivity index (χ4v) is 2.82. The zero-order valence-electron chi connectivity index (χ0n) is 12.7. The molecule has 0 aromatic heterocycles. The summed E-state index contributed by atoms with van der Waals surface area (Å²) in [6.45, 7) is 3.97. The Morgan fingerprint density at radius 1 is 1.23 bits per heavy atom. The van der Waals surface area contributed by atoms with Crippen molar-refractivity contribution in [2.75, 3.05) is 39.1 Å². The van der Waals surface area contributed by atoms with Crippen molar-refractivity contribution in [3.8, 4) is 0 Å². The summed E-state index contributed by atoms with van der Waals surface area (Å²) in [6, 6.07) is 6.49. The van der Waals surface area contributed by atoms with Crippen LogP contribution in [0, 0.1) is 0 Å². The fourth-order valence-electron chi connectivity index (χ4n) is 2.19. The molecular formula is C16H21NO4S. The van der Waals surface area contributed by atoms with Gasteiger partial charge in [0.2, 0.25) is 0 Å². The van der Waals surface area contributed by atoms with Gasteiger partial charge in [-0.2, -0.15) is 0 Å².